The van der Waals surface area contributed by atoms with Gasteiger partial charge in [-0.15, -0.1) is 0 Å². The van der Waals surface area contributed by atoms with Gasteiger partial charge in [0, 0.05) is 5.69 Å². The molecule has 0 bridgehead atoms. The van der Waals surface area contributed by atoms with Gasteiger partial charge in [-0.2, -0.15) is 0 Å². The minimum Gasteiger partial charge on any atom is -0.497 e. The minimum absolute atomic E-state index is 0.500. The van der Waals surface area contributed by atoms with Gasteiger partial charge in [-0.05, 0) is 36.8 Å². The Labute approximate surface area is 167 Å². The largest absolute Gasteiger partial charge is 0.497 e. The molecule has 0 spiro atoms. The smallest absolute Gasteiger partial charge is 0.325 e. The highest BCUT2D eigenvalue weighted by Gasteiger charge is 2.49. The van der Waals surface area contributed by atoms with Gasteiger partial charge in [0.05, 0.1) is 7.11 Å². The van der Waals surface area contributed by atoms with Gasteiger partial charge in [-0.1, -0.05) is 30.3 Å². The summed E-state index contributed by atoms with van der Waals surface area (Å²) in [4.78, 5) is 50.0. The molecular weight excluding hydrogens is 376 g/mol. The number of hydrogen-bond acceptors (Lipinski definition) is 5. The maximum atomic E-state index is 12.8. The Balaban J connectivity index is 1.64. The van der Waals surface area contributed by atoms with Gasteiger partial charge >= 0.3 is 12.1 Å². The van der Waals surface area contributed by atoms with Crippen molar-refractivity contribution in [2.24, 2.45) is 0 Å². The Kier molecular flexibility index (Phi) is 5.49. The van der Waals surface area contributed by atoms with Crippen molar-refractivity contribution >= 4 is 29.6 Å². The second kappa shape index (κ2) is 8.01. The molecule has 3 rings (SSSR count). The lowest BCUT2D eigenvalue weighted by Crippen LogP contribution is -2.45. The van der Waals surface area contributed by atoms with Gasteiger partial charge in [0.2, 0.25) is 5.91 Å². The number of methoxy groups -OCH3 is 1. The fraction of sp³-hybridized carbons (Fsp3) is 0.200. The number of anilines is 1. The normalized spacial score (nSPS) is 18.2. The fourth-order valence-electron chi connectivity index (χ4n) is 2.95. The van der Waals surface area contributed by atoms with E-state index in [4.69, 9.17) is 4.74 Å². The molecule has 9 nitrogen and oxygen atoms in total. The number of imide groups is 2. The van der Waals surface area contributed by atoms with E-state index in [1.165, 1.54) is 7.11 Å². The quantitative estimate of drug-likeness (QED) is 0.667. The van der Waals surface area contributed by atoms with Crippen LogP contribution in [-0.4, -0.2) is 42.4 Å². The molecular formula is C20H20N4O5. The van der Waals surface area contributed by atoms with Crippen molar-refractivity contribution in [2.75, 3.05) is 19.0 Å². The number of para-hydroxylation sites is 1. The zero-order chi connectivity index (χ0) is 21.0. The van der Waals surface area contributed by atoms with E-state index in [0.29, 0.717) is 17.0 Å². The van der Waals surface area contributed by atoms with E-state index in [0.717, 1.165) is 4.90 Å². The summed E-state index contributed by atoms with van der Waals surface area (Å²) in [6.45, 7) is 0.966. The molecule has 1 atom stereocenters. The number of carbonyl (C=O) groups is 4. The van der Waals surface area contributed by atoms with Crippen molar-refractivity contribution in [3.8, 4) is 5.75 Å². The number of carbonyl (C=O) groups excluding carboxylic acids is 4. The summed E-state index contributed by atoms with van der Waals surface area (Å²) in [6.07, 6.45) is 0. The van der Waals surface area contributed by atoms with Crippen LogP contribution in [0.25, 0.3) is 0 Å². The van der Waals surface area contributed by atoms with Crippen molar-refractivity contribution in [3.05, 3.63) is 60.2 Å². The number of nitrogens with zero attached hydrogens (tertiary/aromatic N) is 1. The van der Waals surface area contributed by atoms with Gasteiger partial charge in [0.15, 0.2) is 0 Å². The maximum absolute atomic E-state index is 12.8. The van der Waals surface area contributed by atoms with Crippen LogP contribution >= 0.6 is 0 Å². The second-order valence-corrected chi connectivity index (χ2v) is 6.54. The van der Waals surface area contributed by atoms with Crippen LogP contribution in [0.3, 0.4) is 0 Å². The van der Waals surface area contributed by atoms with Crippen LogP contribution in [0.15, 0.2) is 54.6 Å². The molecule has 0 aliphatic carbocycles. The number of amides is 6. The SMILES string of the molecule is COc1ccc(C2(C)NC(=O)N(CC(=O)NC(=O)Nc3ccccc3)C2=O)cc1. The van der Waals surface area contributed by atoms with Crippen LogP contribution in [0.1, 0.15) is 12.5 Å². The summed E-state index contributed by atoms with van der Waals surface area (Å²) < 4.78 is 5.09. The van der Waals surface area contributed by atoms with E-state index in [9.17, 15) is 19.2 Å². The molecule has 150 valence electrons. The summed E-state index contributed by atoms with van der Waals surface area (Å²) >= 11 is 0. The molecule has 0 aromatic heterocycles. The average molecular weight is 396 g/mol. The minimum atomic E-state index is -1.32. The summed E-state index contributed by atoms with van der Waals surface area (Å²) in [5, 5.41) is 7.18. The molecule has 0 radical (unpaired) electrons. The fourth-order valence-corrected chi connectivity index (χ4v) is 2.95. The molecule has 9 heteroatoms. The summed E-state index contributed by atoms with van der Waals surface area (Å²) in [5.74, 6) is -0.776. The number of urea groups is 2. The Morgan fingerprint density at radius 2 is 1.72 bits per heavy atom. The first-order valence-corrected chi connectivity index (χ1v) is 8.78. The van der Waals surface area contributed by atoms with Crippen LogP contribution in [0, 0.1) is 0 Å². The van der Waals surface area contributed by atoms with Crippen molar-refractivity contribution in [3.63, 3.8) is 0 Å². The Morgan fingerprint density at radius 1 is 1.07 bits per heavy atom. The Bertz CT molecular complexity index is 945. The highest BCUT2D eigenvalue weighted by molar-refractivity contribution is 6.10. The molecule has 1 fully saturated rings. The lowest BCUT2D eigenvalue weighted by Gasteiger charge is -2.22. The first-order chi connectivity index (χ1) is 13.8. The molecule has 1 unspecified atom stereocenters. The maximum Gasteiger partial charge on any atom is 0.325 e. The van der Waals surface area contributed by atoms with Gasteiger partial charge in [-0.3, -0.25) is 19.8 Å². The van der Waals surface area contributed by atoms with E-state index in [1.54, 1.807) is 61.5 Å². The molecule has 29 heavy (non-hydrogen) atoms. The van der Waals surface area contributed by atoms with Gasteiger partial charge in [-0.25, -0.2) is 9.59 Å². The number of rotatable bonds is 5. The lowest BCUT2D eigenvalue weighted by molar-refractivity contribution is -0.134. The lowest BCUT2D eigenvalue weighted by atomic mass is 9.92. The molecule has 1 aliphatic rings. The van der Waals surface area contributed by atoms with Crippen LogP contribution in [0.4, 0.5) is 15.3 Å². The van der Waals surface area contributed by atoms with Gasteiger partial charge in [0.25, 0.3) is 5.91 Å². The summed E-state index contributed by atoms with van der Waals surface area (Å²) in [5.41, 5.74) is -0.281. The van der Waals surface area contributed by atoms with E-state index in [2.05, 4.69) is 16.0 Å². The number of nitrogens with one attached hydrogen (secondary N) is 3. The van der Waals surface area contributed by atoms with Crippen molar-refractivity contribution in [1.29, 1.82) is 0 Å². The molecule has 1 aliphatic heterocycles. The molecule has 6 amide bonds. The standard InChI is InChI=1S/C20H20N4O5/c1-20(13-8-10-15(29-2)11-9-13)17(26)24(19(28)23-20)12-16(25)22-18(27)21-14-6-4-3-5-7-14/h3-11H,12H2,1-2H3,(H,23,28)(H2,21,22,25,27). The van der Waals surface area contributed by atoms with Crippen LogP contribution in [0.5, 0.6) is 5.75 Å². The Morgan fingerprint density at radius 3 is 2.34 bits per heavy atom. The van der Waals surface area contributed by atoms with Gasteiger partial charge in [0.1, 0.15) is 17.8 Å². The highest BCUT2D eigenvalue weighted by Crippen LogP contribution is 2.29. The zero-order valence-corrected chi connectivity index (χ0v) is 15.9. The molecule has 1 saturated heterocycles. The van der Waals surface area contributed by atoms with Gasteiger partial charge < -0.3 is 15.4 Å². The monoisotopic (exact) mass is 396 g/mol. The number of benzene rings is 2. The highest BCUT2D eigenvalue weighted by atomic mass is 16.5. The van der Waals surface area contributed by atoms with E-state index < -0.39 is 36.0 Å². The number of hydrogen-bond donors (Lipinski definition) is 3. The molecule has 3 N–H and O–H groups in total. The molecule has 2 aromatic rings. The van der Waals surface area contributed by atoms with E-state index in [-0.39, 0.29) is 0 Å². The van der Waals surface area contributed by atoms with Crippen LogP contribution in [-0.2, 0) is 15.1 Å². The zero-order valence-electron chi connectivity index (χ0n) is 15.9. The predicted molar refractivity (Wildman–Crippen MR) is 104 cm³/mol. The molecule has 0 saturated carbocycles. The summed E-state index contributed by atoms with van der Waals surface area (Å²) in [7, 11) is 1.52. The third kappa shape index (κ3) is 4.18. The van der Waals surface area contributed by atoms with E-state index in [1.807, 2.05) is 0 Å². The topological polar surface area (TPSA) is 117 Å². The first-order valence-electron chi connectivity index (χ1n) is 8.78. The third-order valence-electron chi connectivity index (χ3n) is 4.53. The number of ether oxygens (including phenoxy) is 1. The first kappa shape index (κ1) is 19.9. The van der Waals surface area contributed by atoms with E-state index >= 15 is 0 Å². The average Bonchev–Trinajstić information content (AvgIpc) is 2.92. The predicted octanol–water partition coefficient (Wildman–Crippen LogP) is 1.81. The second-order valence-electron chi connectivity index (χ2n) is 6.54. The van der Waals surface area contributed by atoms with Crippen LogP contribution < -0.4 is 20.7 Å². The molecule has 1 heterocycles. The Hall–Kier alpha value is -3.88. The third-order valence-corrected chi connectivity index (χ3v) is 4.53. The summed E-state index contributed by atoms with van der Waals surface area (Å²) in [6, 6.07) is 13.7. The van der Waals surface area contributed by atoms with Crippen LogP contribution in [0.2, 0.25) is 0 Å². The van der Waals surface area contributed by atoms with Crippen molar-refractivity contribution in [1.82, 2.24) is 15.5 Å². The van der Waals surface area contributed by atoms with Crippen molar-refractivity contribution < 1.29 is 23.9 Å². The molecule has 2 aromatic carbocycles. The van der Waals surface area contributed by atoms with Crippen molar-refractivity contribution in [2.45, 2.75) is 12.5 Å².